The molecule has 0 radical (unpaired) electrons. The molecule has 2 saturated carbocycles. The highest BCUT2D eigenvalue weighted by atomic mass is 32.2. The maximum absolute atomic E-state index is 13.9. The summed E-state index contributed by atoms with van der Waals surface area (Å²) < 4.78 is 34.4. The van der Waals surface area contributed by atoms with Crippen molar-refractivity contribution in [1.82, 2.24) is 9.62 Å². The van der Waals surface area contributed by atoms with Gasteiger partial charge in [-0.25, -0.2) is 8.42 Å². The van der Waals surface area contributed by atoms with Crippen LogP contribution in [0.15, 0.2) is 59.5 Å². The molecule has 4 rings (SSSR count). The summed E-state index contributed by atoms with van der Waals surface area (Å²) in [7, 11) is -2.32. The second-order valence-electron chi connectivity index (χ2n) is 10.9. The van der Waals surface area contributed by atoms with Crippen LogP contribution >= 0.6 is 0 Å². The monoisotopic (exact) mass is 542 g/mol. The van der Waals surface area contributed by atoms with Crippen molar-refractivity contribution in [3.8, 4) is 5.75 Å². The third-order valence-electron chi connectivity index (χ3n) is 8.56. The maximum Gasteiger partial charge on any atom is 0.243 e. The van der Waals surface area contributed by atoms with Gasteiger partial charge >= 0.3 is 0 Å². The molecule has 7 nitrogen and oxygen atoms in total. The molecule has 0 saturated heterocycles. The van der Waals surface area contributed by atoms with E-state index in [0.717, 1.165) is 63.4 Å². The Hall–Kier alpha value is -2.42. The van der Waals surface area contributed by atoms with Crippen LogP contribution in [0.5, 0.6) is 5.75 Å². The van der Waals surface area contributed by atoms with Gasteiger partial charge in [0.25, 0.3) is 0 Å². The van der Waals surface area contributed by atoms with Crippen LogP contribution in [0, 0.1) is 5.41 Å². The fourth-order valence-electron chi connectivity index (χ4n) is 6.10. The molecule has 0 bridgehead atoms. The van der Waals surface area contributed by atoms with Gasteiger partial charge in [0.05, 0.1) is 24.2 Å². The molecule has 2 aliphatic rings. The Balaban J connectivity index is 1.60. The fourth-order valence-corrected chi connectivity index (χ4v) is 7.80. The number of nitrogens with one attached hydrogen (secondary N) is 1. The van der Waals surface area contributed by atoms with Crippen LogP contribution in [-0.4, -0.2) is 55.6 Å². The highest BCUT2D eigenvalue weighted by molar-refractivity contribution is 7.89. The van der Waals surface area contributed by atoms with Crippen LogP contribution in [-0.2, 0) is 21.2 Å². The Kier molecular flexibility index (Phi) is 9.50. The van der Waals surface area contributed by atoms with Gasteiger partial charge in [0, 0.05) is 18.0 Å². The van der Waals surface area contributed by atoms with Gasteiger partial charge < -0.3 is 15.2 Å². The quantitative estimate of drug-likeness (QED) is 0.406. The highest BCUT2D eigenvalue weighted by Crippen LogP contribution is 2.41. The van der Waals surface area contributed by atoms with E-state index in [2.05, 4.69) is 12.2 Å². The fraction of sp³-hybridized carbons (Fsp3) is 0.567. The Morgan fingerprint density at radius 2 is 1.68 bits per heavy atom. The van der Waals surface area contributed by atoms with E-state index >= 15 is 0 Å². The van der Waals surface area contributed by atoms with Gasteiger partial charge in [0.1, 0.15) is 5.75 Å². The highest BCUT2D eigenvalue weighted by Gasteiger charge is 2.42. The summed E-state index contributed by atoms with van der Waals surface area (Å²) in [6, 6.07) is 15.3. The van der Waals surface area contributed by atoms with Crippen molar-refractivity contribution in [2.75, 3.05) is 13.7 Å². The minimum Gasteiger partial charge on any atom is -0.497 e. The van der Waals surface area contributed by atoms with Crippen molar-refractivity contribution in [2.45, 2.75) is 94.2 Å². The number of carbonyl (C=O) groups excluding carboxylic acids is 1. The molecule has 208 valence electrons. The smallest absolute Gasteiger partial charge is 0.243 e. The number of ether oxygens (including phenoxy) is 1. The van der Waals surface area contributed by atoms with Crippen molar-refractivity contribution >= 4 is 15.9 Å². The predicted octanol–water partition coefficient (Wildman–Crippen LogP) is 4.69. The molecule has 2 fully saturated rings. The third-order valence-corrected chi connectivity index (χ3v) is 10.5. The number of rotatable bonds is 12. The largest absolute Gasteiger partial charge is 0.497 e. The minimum absolute atomic E-state index is 0.0251. The number of nitrogens with zero attached hydrogens (tertiary/aromatic N) is 1. The van der Waals surface area contributed by atoms with Crippen LogP contribution in [0.1, 0.15) is 70.3 Å². The molecule has 2 N–H and O–H groups in total. The zero-order valence-corrected chi connectivity index (χ0v) is 23.5. The van der Waals surface area contributed by atoms with E-state index in [9.17, 15) is 18.3 Å². The molecule has 0 aromatic heterocycles. The molecule has 2 aromatic rings. The number of benzene rings is 2. The summed E-state index contributed by atoms with van der Waals surface area (Å²) in [5.41, 5.74) is 0.578. The molecule has 0 aliphatic heterocycles. The summed E-state index contributed by atoms with van der Waals surface area (Å²) in [5, 5.41) is 14.8. The average Bonchev–Trinajstić information content (AvgIpc) is 3.65. The molecule has 0 heterocycles. The second kappa shape index (κ2) is 12.6. The van der Waals surface area contributed by atoms with Gasteiger partial charge in [-0.15, -0.1) is 0 Å². The molecule has 8 heteroatoms. The number of aliphatic hydroxyl groups is 1. The first kappa shape index (κ1) is 28.6. The van der Waals surface area contributed by atoms with Crippen molar-refractivity contribution in [2.24, 2.45) is 5.41 Å². The molecule has 2 aliphatic carbocycles. The van der Waals surface area contributed by atoms with E-state index < -0.39 is 27.6 Å². The summed E-state index contributed by atoms with van der Waals surface area (Å²) in [4.78, 5) is 13.7. The summed E-state index contributed by atoms with van der Waals surface area (Å²) in [6.45, 7) is 1.98. The summed E-state index contributed by atoms with van der Waals surface area (Å²) in [5.74, 6) is 0.557. The molecule has 1 amide bonds. The molecule has 38 heavy (non-hydrogen) atoms. The Labute approximate surface area is 227 Å². The van der Waals surface area contributed by atoms with Gasteiger partial charge in [-0.3, -0.25) is 4.79 Å². The minimum atomic E-state index is -3.87. The number of sulfonamides is 1. The maximum atomic E-state index is 13.9. The van der Waals surface area contributed by atoms with Crippen LogP contribution in [0.25, 0.3) is 0 Å². The van der Waals surface area contributed by atoms with Crippen LogP contribution in [0.2, 0.25) is 0 Å². The van der Waals surface area contributed by atoms with Crippen molar-refractivity contribution in [1.29, 1.82) is 0 Å². The number of amides is 1. The third kappa shape index (κ3) is 6.41. The molecular weight excluding hydrogens is 500 g/mol. The topological polar surface area (TPSA) is 95.9 Å². The Bertz CT molecular complexity index is 1140. The van der Waals surface area contributed by atoms with Gasteiger partial charge in [-0.05, 0) is 68.4 Å². The first-order valence-corrected chi connectivity index (χ1v) is 15.4. The average molecular weight is 543 g/mol. The van der Waals surface area contributed by atoms with Gasteiger partial charge in [-0.2, -0.15) is 4.31 Å². The van der Waals surface area contributed by atoms with Gasteiger partial charge in [-0.1, -0.05) is 62.9 Å². The number of aliphatic hydroxyl groups excluding tert-OH is 1. The van der Waals surface area contributed by atoms with E-state index in [1.54, 1.807) is 31.4 Å². The lowest BCUT2D eigenvalue weighted by molar-refractivity contribution is -0.132. The van der Waals surface area contributed by atoms with Crippen molar-refractivity contribution in [3.05, 3.63) is 60.2 Å². The number of hydrogen-bond donors (Lipinski definition) is 2. The Morgan fingerprint density at radius 3 is 2.26 bits per heavy atom. The lowest BCUT2D eigenvalue weighted by Crippen LogP contribution is -2.54. The van der Waals surface area contributed by atoms with Crippen molar-refractivity contribution < 1.29 is 23.1 Å². The van der Waals surface area contributed by atoms with E-state index in [-0.39, 0.29) is 23.4 Å². The Morgan fingerprint density at radius 1 is 1.05 bits per heavy atom. The zero-order valence-electron chi connectivity index (χ0n) is 22.6. The lowest BCUT2D eigenvalue weighted by atomic mass is 9.82. The SMILES string of the molecule is CCC1(C(=O)NC(Cc2ccccc2)C(O)CN(C2CCCC2)S(=O)(=O)c2ccc(OC)cc2)CCCC1. The lowest BCUT2D eigenvalue weighted by Gasteiger charge is -2.35. The van der Waals surface area contributed by atoms with E-state index in [1.807, 2.05) is 30.3 Å². The summed E-state index contributed by atoms with van der Waals surface area (Å²) >= 11 is 0. The first-order valence-electron chi connectivity index (χ1n) is 14.0. The van der Waals surface area contributed by atoms with Gasteiger partial charge in [0.2, 0.25) is 15.9 Å². The first-order chi connectivity index (χ1) is 18.3. The molecule has 0 spiro atoms. The summed E-state index contributed by atoms with van der Waals surface area (Å²) in [6.07, 6.45) is 7.31. The van der Waals surface area contributed by atoms with Crippen LogP contribution in [0.4, 0.5) is 0 Å². The number of methoxy groups -OCH3 is 1. The van der Waals surface area contributed by atoms with E-state index in [0.29, 0.717) is 12.2 Å². The second-order valence-corrected chi connectivity index (χ2v) is 12.8. The predicted molar refractivity (Wildman–Crippen MR) is 148 cm³/mol. The number of carbonyl (C=O) groups is 1. The van der Waals surface area contributed by atoms with Crippen LogP contribution < -0.4 is 10.1 Å². The molecule has 2 unspecified atom stereocenters. The van der Waals surface area contributed by atoms with E-state index in [1.165, 1.54) is 4.31 Å². The normalized spacial score (nSPS) is 19.4. The molecule has 2 atom stereocenters. The zero-order chi connectivity index (χ0) is 27.2. The van der Waals surface area contributed by atoms with Crippen LogP contribution in [0.3, 0.4) is 0 Å². The van der Waals surface area contributed by atoms with E-state index in [4.69, 9.17) is 4.74 Å². The number of hydrogen-bond acceptors (Lipinski definition) is 5. The molecular formula is C30H42N2O5S. The van der Waals surface area contributed by atoms with Gasteiger partial charge in [0.15, 0.2) is 0 Å². The molecule has 2 aromatic carbocycles. The standard InChI is InChI=1S/C30H42N2O5S/c1-3-30(19-9-10-20-30)29(34)31-27(21-23-11-5-4-6-12-23)28(33)22-32(24-13-7-8-14-24)38(35,36)26-17-15-25(37-2)16-18-26/h4-6,11-12,15-18,24,27-28,33H,3,7-10,13-14,19-22H2,1-2H3,(H,31,34). The van der Waals surface area contributed by atoms with Crippen molar-refractivity contribution in [3.63, 3.8) is 0 Å².